The Morgan fingerprint density at radius 2 is 2.04 bits per heavy atom. The number of anilines is 1. The maximum absolute atomic E-state index is 12.1. The van der Waals surface area contributed by atoms with Crippen molar-refractivity contribution in [1.29, 1.82) is 0 Å². The van der Waals surface area contributed by atoms with Crippen LogP contribution in [0.5, 0.6) is 5.75 Å². The number of halogens is 3. The number of H-pyrrole nitrogens is 1. The van der Waals surface area contributed by atoms with Gasteiger partial charge in [-0.05, 0) is 47.9 Å². The molecule has 0 bridgehead atoms. The first-order valence-electron chi connectivity index (χ1n) is 7.66. The Hall–Kier alpha value is -2.66. The smallest absolute Gasteiger partial charge is 0.406 e. The fraction of sp³-hybridized carbons (Fsp3) is 0.188. The highest BCUT2D eigenvalue weighted by atomic mass is 32.1. The number of thiophene rings is 1. The Balaban J connectivity index is 1.59. The monoisotopic (exact) mass is 414 g/mol. The van der Waals surface area contributed by atoms with Crippen molar-refractivity contribution < 1.29 is 22.7 Å². The average Bonchev–Trinajstić information content (AvgIpc) is 3.23. The molecule has 2 heterocycles. The molecule has 0 fully saturated rings. The fourth-order valence-corrected chi connectivity index (χ4v) is 3.24. The molecule has 3 aromatic rings. The van der Waals surface area contributed by atoms with Crippen LogP contribution in [-0.4, -0.2) is 27.0 Å². The van der Waals surface area contributed by atoms with Crippen LogP contribution in [0.25, 0.3) is 10.7 Å². The highest BCUT2D eigenvalue weighted by molar-refractivity contribution is 7.71. The second kappa shape index (κ2) is 7.92. The normalized spacial score (nSPS) is 11.4. The molecular formula is C16H13F3N4O2S2. The number of hydrogen-bond acceptors (Lipinski definition) is 5. The van der Waals surface area contributed by atoms with Gasteiger partial charge in [-0.3, -0.25) is 14.5 Å². The topological polar surface area (TPSA) is 71.9 Å². The van der Waals surface area contributed by atoms with E-state index in [9.17, 15) is 18.0 Å². The number of carbonyl (C=O) groups excluding carboxylic acids is 1. The molecule has 0 aliphatic heterocycles. The number of amides is 1. The number of benzene rings is 1. The molecule has 0 radical (unpaired) electrons. The van der Waals surface area contributed by atoms with Crippen LogP contribution in [0.1, 0.15) is 6.42 Å². The van der Waals surface area contributed by atoms with Gasteiger partial charge in [0.2, 0.25) is 5.91 Å². The molecule has 0 aliphatic carbocycles. The van der Waals surface area contributed by atoms with Crippen molar-refractivity contribution in [3.63, 3.8) is 0 Å². The van der Waals surface area contributed by atoms with Crippen molar-refractivity contribution in [3.05, 3.63) is 46.5 Å². The van der Waals surface area contributed by atoms with Crippen LogP contribution < -0.4 is 10.1 Å². The van der Waals surface area contributed by atoms with Gasteiger partial charge in [0.25, 0.3) is 0 Å². The molecule has 6 nitrogen and oxygen atoms in total. The Labute approximate surface area is 160 Å². The minimum atomic E-state index is -4.76. The molecule has 2 aromatic heterocycles. The first kappa shape index (κ1) is 19.1. The standard InChI is InChI=1S/C16H13F3N4O2S2/c17-16(18,19)25-11-5-3-10(4-6-11)20-13(24)7-8-23-14(21-22-15(23)26)12-2-1-9-27-12/h1-6,9H,7-8H2,(H,20,24)(H,22,26). The van der Waals surface area contributed by atoms with Crippen molar-refractivity contribution in [3.8, 4) is 16.5 Å². The number of nitrogens with one attached hydrogen (secondary N) is 2. The van der Waals surface area contributed by atoms with Gasteiger partial charge in [-0.1, -0.05) is 6.07 Å². The zero-order valence-electron chi connectivity index (χ0n) is 13.6. The highest BCUT2D eigenvalue weighted by Gasteiger charge is 2.30. The Kier molecular flexibility index (Phi) is 5.61. The highest BCUT2D eigenvalue weighted by Crippen LogP contribution is 2.25. The number of aromatic amines is 1. The summed E-state index contributed by atoms with van der Waals surface area (Å²) in [6.07, 6.45) is -4.64. The quantitative estimate of drug-likeness (QED) is 0.579. The summed E-state index contributed by atoms with van der Waals surface area (Å²) in [4.78, 5) is 13.1. The van der Waals surface area contributed by atoms with Crippen LogP contribution >= 0.6 is 23.6 Å². The van der Waals surface area contributed by atoms with Crippen molar-refractivity contribution in [2.45, 2.75) is 19.3 Å². The van der Waals surface area contributed by atoms with E-state index < -0.39 is 6.36 Å². The summed E-state index contributed by atoms with van der Waals surface area (Å²) in [5.41, 5.74) is 0.365. The molecule has 0 saturated carbocycles. The molecule has 0 spiro atoms. The lowest BCUT2D eigenvalue weighted by Crippen LogP contribution is -2.17. The summed E-state index contributed by atoms with van der Waals surface area (Å²) in [7, 11) is 0. The Morgan fingerprint density at radius 1 is 1.30 bits per heavy atom. The van der Waals surface area contributed by atoms with Crippen molar-refractivity contribution in [2.24, 2.45) is 0 Å². The summed E-state index contributed by atoms with van der Waals surface area (Å²) in [6, 6.07) is 8.71. The van der Waals surface area contributed by atoms with Gasteiger partial charge in [0.15, 0.2) is 10.6 Å². The van der Waals surface area contributed by atoms with E-state index in [4.69, 9.17) is 12.2 Å². The SMILES string of the molecule is O=C(CCn1c(-c2cccs2)n[nH]c1=S)Nc1ccc(OC(F)(F)F)cc1. The lowest BCUT2D eigenvalue weighted by atomic mass is 10.3. The van der Waals surface area contributed by atoms with Gasteiger partial charge in [0, 0.05) is 18.7 Å². The number of nitrogens with zero attached hydrogens (tertiary/aromatic N) is 2. The molecule has 1 amide bonds. The third-order valence-electron chi connectivity index (χ3n) is 3.43. The number of hydrogen-bond donors (Lipinski definition) is 2. The molecule has 11 heteroatoms. The summed E-state index contributed by atoms with van der Waals surface area (Å²) in [5.74, 6) is -0.0121. The van der Waals surface area contributed by atoms with Gasteiger partial charge in [-0.2, -0.15) is 5.10 Å². The first-order valence-corrected chi connectivity index (χ1v) is 8.95. The zero-order chi connectivity index (χ0) is 19.4. The fourth-order valence-electron chi connectivity index (χ4n) is 2.30. The molecule has 142 valence electrons. The van der Waals surface area contributed by atoms with E-state index in [2.05, 4.69) is 20.3 Å². The van der Waals surface area contributed by atoms with Crippen LogP contribution in [0.15, 0.2) is 41.8 Å². The largest absolute Gasteiger partial charge is 0.573 e. The number of carbonyl (C=O) groups is 1. The third-order valence-corrected chi connectivity index (χ3v) is 4.61. The minimum absolute atomic E-state index is 0.118. The van der Waals surface area contributed by atoms with Crippen LogP contribution in [0, 0.1) is 4.77 Å². The molecule has 0 saturated heterocycles. The molecule has 0 atom stereocenters. The second-order valence-corrected chi connectivity index (χ2v) is 6.69. The molecule has 0 unspecified atom stereocenters. The number of alkyl halides is 3. The van der Waals surface area contributed by atoms with Gasteiger partial charge in [-0.25, -0.2) is 0 Å². The molecule has 2 N–H and O–H groups in total. The van der Waals surface area contributed by atoms with Gasteiger partial charge >= 0.3 is 6.36 Å². The first-order chi connectivity index (χ1) is 12.8. The number of ether oxygens (including phenoxy) is 1. The van der Waals surface area contributed by atoms with Gasteiger partial charge in [0.1, 0.15) is 5.75 Å². The molecule has 27 heavy (non-hydrogen) atoms. The van der Waals surface area contributed by atoms with Crippen LogP contribution in [0.2, 0.25) is 0 Å². The van der Waals surface area contributed by atoms with E-state index >= 15 is 0 Å². The second-order valence-electron chi connectivity index (χ2n) is 5.35. The zero-order valence-corrected chi connectivity index (χ0v) is 15.2. The van der Waals surface area contributed by atoms with Crippen molar-refractivity contribution in [2.75, 3.05) is 5.32 Å². The third kappa shape index (κ3) is 5.17. The van der Waals surface area contributed by atoms with Crippen molar-refractivity contribution >= 4 is 35.1 Å². The summed E-state index contributed by atoms with van der Waals surface area (Å²) in [6.45, 7) is 0.309. The summed E-state index contributed by atoms with van der Waals surface area (Å²) >= 11 is 6.70. The van der Waals surface area contributed by atoms with Gasteiger partial charge in [-0.15, -0.1) is 24.5 Å². The minimum Gasteiger partial charge on any atom is -0.406 e. The average molecular weight is 414 g/mol. The Bertz CT molecular complexity index is 963. The van der Waals surface area contributed by atoms with Crippen LogP contribution in [0.3, 0.4) is 0 Å². The van der Waals surface area contributed by atoms with E-state index in [0.29, 0.717) is 22.8 Å². The molecular weight excluding hydrogens is 401 g/mol. The van der Waals surface area contributed by atoms with E-state index in [1.165, 1.54) is 23.5 Å². The number of aromatic nitrogens is 3. The maximum atomic E-state index is 12.1. The van der Waals surface area contributed by atoms with Gasteiger partial charge < -0.3 is 10.1 Å². The lowest BCUT2D eigenvalue weighted by molar-refractivity contribution is -0.274. The Morgan fingerprint density at radius 3 is 2.67 bits per heavy atom. The number of rotatable bonds is 6. The van der Waals surface area contributed by atoms with E-state index in [1.807, 2.05) is 17.5 Å². The van der Waals surface area contributed by atoms with E-state index in [0.717, 1.165) is 17.0 Å². The molecule has 3 rings (SSSR count). The summed E-state index contributed by atoms with van der Waals surface area (Å²) < 4.78 is 42.3. The van der Waals surface area contributed by atoms with Crippen LogP contribution in [-0.2, 0) is 11.3 Å². The van der Waals surface area contributed by atoms with E-state index in [-0.39, 0.29) is 18.1 Å². The molecule has 1 aromatic carbocycles. The van der Waals surface area contributed by atoms with E-state index in [1.54, 1.807) is 4.57 Å². The summed E-state index contributed by atoms with van der Waals surface area (Å²) in [5, 5.41) is 11.4. The predicted octanol–water partition coefficient (Wildman–Crippen LogP) is 4.60. The van der Waals surface area contributed by atoms with Gasteiger partial charge in [0.05, 0.1) is 4.88 Å². The predicted molar refractivity (Wildman–Crippen MR) is 97.1 cm³/mol. The van der Waals surface area contributed by atoms with Crippen LogP contribution in [0.4, 0.5) is 18.9 Å². The lowest BCUT2D eigenvalue weighted by Gasteiger charge is -2.10. The molecule has 0 aliphatic rings. The van der Waals surface area contributed by atoms with Crippen molar-refractivity contribution in [1.82, 2.24) is 14.8 Å². The maximum Gasteiger partial charge on any atom is 0.573 e.